The van der Waals surface area contributed by atoms with Crippen LogP contribution in [0.15, 0.2) is 60.8 Å². The van der Waals surface area contributed by atoms with Crippen molar-refractivity contribution in [3.8, 4) is 17.6 Å². The topological polar surface area (TPSA) is 67.2 Å². The average Bonchev–Trinajstić information content (AvgIpc) is 2.84. The normalized spacial score (nSPS) is 10.6. The Morgan fingerprint density at radius 2 is 1.64 bits per heavy atom. The summed E-state index contributed by atoms with van der Waals surface area (Å²) in [7, 11) is 3.20. The maximum atomic E-state index is 9.65. The molecule has 0 fully saturated rings. The van der Waals surface area contributed by atoms with Gasteiger partial charge in [0.1, 0.15) is 17.6 Å². The van der Waals surface area contributed by atoms with Crippen molar-refractivity contribution in [2.24, 2.45) is 0 Å². The van der Waals surface area contributed by atoms with Crippen LogP contribution < -0.4 is 14.8 Å². The van der Waals surface area contributed by atoms with E-state index in [1.807, 2.05) is 18.2 Å². The van der Waals surface area contributed by atoms with E-state index in [0.29, 0.717) is 32.7 Å². The Kier molecular flexibility index (Phi) is 6.88. The van der Waals surface area contributed by atoms with Crippen LogP contribution in [0, 0.1) is 11.3 Å². The van der Waals surface area contributed by atoms with Crippen molar-refractivity contribution in [2.75, 3.05) is 19.5 Å². The van der Waals surface area contributed by atoms with Gasteiger partial charge in [0.25, 0.3) is 0 Å². The number of benzene rings is 3. The number of nitrogens with zero attached hydrogens (tertiary/aromatic N) is 2. The van der Waals surface area contributed by atoms with Crippen molar-refractivity contribution in [1.82, 2.24) is 4.98 Å². The summed E-state index contributed by atoms with van der Waals surface area (Å²) in [6, 6.07) is 19.7. The molecule has 0 aliphatic carbocycles. The first-order valence-electron chi connectivity index (χ1n) is 10.3. The highest BCUT2D eigenvalue weighted by Gasteiger charge is 2.14. The second-order valence-electron chi connectivity index (χ2n) is 7.45. The van der Waals surface area contributed by atoms with Gasteiger partial charge in [0, 0.05) is 17.6 Å². The van der Waals surface area contributed by atoms with E-state index in [9.17, 15) is 5.26 Å². The fourth-order valence-corrected chi connectivity index (χ4v) is 4.12. The number of nitrogens with one attached hydrogen (secondary N) is 1. The first-order chi connectivity index (χ1) is 16.0. The molecule has 0 saturated carbocycles. The van der Waals surface area contributed by atoms with Crippen LogP contribution in [0.1, 0.15) is 16.7 Å². The fraction of sp³-hybridized carbons (Fsp3) is 0.154. The molecule has 4 rings (SSSR count). The van der Waals surface area contributed by atoms with E-state index in [-0.39, 0.29) is 0 Å². The number of rotatable bonds is 7. The number of hydrogen-bond acceptors (Lipinski definition) is 5. The molecule has 0 unspecified atom stereocenters. The Morgan fingerprint density at radius 1 is 0.909 bits per heavy atom. The Balaban J connectivity index is 1.64. The molecule has 0 amide bonds. The Morgan fingerprint density at radius 3 is 2.33 bits per heavy atom. The number of aromatic nitrogens is 1. The zero-order valence-electron chi connectivity index (χ0n) is 18.2. The van der Waals surface area contributed by atoms with Gasteiger partial charge in [-0.1, -0.05) is 47.5 Å². The van der Waals surface area contributed by atoms with Gasteiger partial charge in [-0.2, -0.15) is 5.26 Å². The molecule has 0 aliphatic rings. The van der Waals surface area contributed by atoms with Crippen LogP contribution in [0.3, 0.4) is 0 Å². The van der Waals surface area contributed by atoms with E-state index in [4.69, 9.17) is 32.7 Å². The van der Waals surface area contributed by atoms with Gasteiger partial charge in [0.2, 0.25) is 0 Å². The summed E-state index contributed by atoms with van der Waals surface area (Å²) in [5.41, 5.74) is 4.82. The number of ether oxygens (including phenoxy) is 2. The molecule has 7 heteroatoms. The molecular weight excluding hydrogens is 457 g/mol. The van der Waals surface area contributed by atoms with Crippen LogP contribution in [0.25, 0.3) is 10.9 Å². The summed E-state index contributed by atoms with van der Waals surface area (Å²) >= 11 is 12.5. The molecule has 0 saturated heterocycles. The number of fused-ring (bicyclic) bond motifs is 1. The van der Waals surface area contributed by atoms with Crippen LogP contribution >= 0.6 is 23.2 Å². The molecule has 0 radical (unpaired) electrons. The number of halogens is 2. The quantitative estimate of drug-likeness (QED) is 0.311. The molecule has 1 heterocycles. The van der Waals surface area contributed by atoms with Crippen molar-refractivity contribution in [3.05, 3.63) is 87.5 Å². The van der Waals surface area contributed by atoms with E-state index < -0.39 is 0 Å². The maximum Gasteiger partial charge on any atom is 0.139 e. The summed E-state index contributed by atoms with van der Waals surface area (Å²) < 4.78 is 10.5. The van der Waals surface area contributed by atoms with Crippen LogP contribution in [0.5, 0.6) is 11.5 Å². The van der Waals surface area contributed by atoms with Gasteiger partial charge < -0.3 is 14.8 Å². The third-order valence-corrected chi connectivity index (χ3v) is 6.02. The molecule has 1 aromatic heterocycles. The lowest BCUT2D eigenvalue weighted by Crippen LogP contribution is -1.99. The lowest BCUT2D eigenvalue weighted by molar-refractivity contribution is 0.414. The molecule has 33 heavy (non-hydrogen) atoms. The standard InChI is InChI=1S/C26H21Cl2N3O2/c1-32-19-8-5-16(6-9-19)3-4-17-7-10-20-23(11-17)30-15-18(14-29)26(20)31-24-13-25(33-2)22(28)12-21(24)27/h5-13,15H,3-4H2,1-2H3,(H,30,31). The average molecular weight is 478 g/mol. The van der Waals surface area contributed by atoms with Crippen LogP contribution in [-0.4, -0.2) is 19.2 Å². The number of methoxy groups -OCH3 is 2. The number of nitriles is 1. The molecule has 166 valence electrons. The van der Waals surface area contributed by atoms with Crippen molar-refractivity contribution in [3.63, 3.8) is 0 Å². The highest BCUT2D eigenvalue weighted by atomic mass is 35.5. The number of pyridine rings is 1. The molecule has 4 aromatic rings. The second-order valence-corrected chi connectivity index (χ2v) is 8.26. The second kappa shape index (κ2) is 9.99. The van der Waals surface area contributed by atoms with Crippen LogP contribution in [0.2, 0.25) is 10.0 Å². The smallest absolute Gasteiger partial charge is 0.139 e. The zero-order valence-corrected chi connectivity index (χ0v) is 19.7. The first-order valence-corrected chi connectivity index (χ1v) is 11.0. The van der Waals surface area contributed by atoms with Gasteiger partial charge in [0.05, 0.1) is 46.7 Å². The van der Waals surface area contributed by atoms with Gasteiger partial charge in [-0.15, -0.1) is 0 Å². The SMILES string of the molecule is COc1ccc(CCc2ccc3c(Nc4cc(OC)c(Cl)cc4Cl)c(C#N)cnc3c2)cc1. The molecule has 1 N–H and O–H groups in total. The van der Waals surface area contributed by atoms with Crippen LogP contribution in [0.4, 0.5) is 11.4 Å². The van der Waals surface area contributed by atoms with Gasteiger partial charge in [-0.05, 0) is 48.2 Å². The summed E-state index contributed by atoms with van der Waals surface area (Å²) in [5.74, 6) is 1.33. The van der Waals surface area contributed by atoms with Gasteiger partial charge in [-0.3, -0.25) is 4.98 Å². The summed E-state index contributed by atoms with van der Waals surface area (Å²) in [6.45, 7) is 0. The first kappa shape index (κ1) is 22.7. The summed E-state index contributed by atoms with van der Waals surface area (Å²) in [4.78, 5) is 4.51. The van der Waals surface area contributed by atoms with Crippen molar-refractivity contribution in [1.29, 1.82) is 5.26 Å². The van der Waals surface area contributed by atoms with E-state index >= 15 is 0 Å². The maximum absolute atomic E-state index is 9.65. The lowest BCUT2D eigenvalue weighted by atomic mass is 10.0. The number of anilines is 2. The van der Waals surface area contributed by atoms with Gasteiger partial charge in [0.15, 0.2) is 0 Å². The monoisotopic (exact) mass is 477 g/mol. The largest absolute Gasteiger partial charge is 0.497 e. The lowest BCUT2D eigenvalue weighted by Gasteiger charge is -2.15. The minimum atomic E-state index is 0.412. The molecule has 0 aliphatic heterocycles. The predicted octanol–water partition coefficient (Wildman–Crippen LogP) is 6.96. The fourth-order valence-electron chi connectivity index (χ4n) is 3.61. The Labute approximate surface area is 202 Å². The Hall–Kier alpha value is -3.46. The minimum Gasteiger partial charge on any atom is -0.497 e. The molecular formula is C26H21Cl2N3O2. The third-order valence-electron chi connectivity index (χ3n) is 5.42. The van der Waals surface area contributed by atoms with Crippen LogP contribution in [-0.2, 0) is 12.8 Å². The zero-order chi connectivity index (χ0) is 23.4. The summed E-state index contributed by atoms with van der Waals surface area (Å²) in [6.07, 6.45) is 3.34. The molecule has 5 nitrogen and oxygen atoms in total. The van der Waals surface area contributed by atoms with E-state index in [0.717, 1.165) is 35.1 Å². The van der Waals surface area contributed by atoms with E-state index in [1.54, 1.807) is 25.4 Å². The third kappa shape index (κ3) is 4.98. The minimum absolute atomic E-state index is 0.412. The highest BCUT2D eigenvalue weighted by Crippen LogP contribution is 2.37. The van der Waals surface area contributed by atoms with E-state index in [2.05, 4.69) is 40.6 Å². The molecule has 0 atom stereocenters. The molecule has 0 bridgehead atoms. The molecule has 0 spiro atoms. The predicted molar refractivity (Wildman–Crippen MR) is 133 cm³/mol. The van der Waals surface area contributed by atoms with Crippen molar-refractivity contribution in [2.45, 2.75) is 12.8 Å². The van der Waals surface area contributed by atoms with Crippen molar-refractivity contribution >= 4 is 45.5 Å². The Bertz CT molecular complexity index is 1350. The number of aryl methyl sites for hydroxylation is 2. The molecule has 3 aromatic carbocycles. The van der Waals surface area contributed by atoms with Crippen molar-refractivity contribution < 1.29 is 9.47 Å². The van der Waals surface area contributed by atoms with Gasteiger partial charge in [-0.25, -0.2) is 0 Å². The number of hydrogen-bond donors (Lipinski definition) is 1. The summed E-state index contributed by atoms with van der Waals surface area (Å²) in [5, 5.41) is 14.6. The van der Waals surface area contributed by atoms with E-state index in [1.165, 1.54) is 12.7 Å². The highest BCUT2D eigenvalue weighted by molar-refractivity contribution is 6.37. The van der Waals surface area contributed by atoms with Gasteiger partial charge >= 0.3 is 0 Å².